The Morgan fingerprint density at radius 1 is 1.28 bits per heavy atom. The third kappa shape index (κ3) is 3.63. The first-order chi connectivity index (χ1) is 8.46. The average molecular weight is 267 g/mol. The van der Waals surface area contributed by atoms with Gasteiger partial charge in [-0.05, 0) is 55.5 Å². The van der Waals surface area contributed by atoms with Crippen LogP contribution in [0.15, 0.2) is 18.2 Å². The van der Waals surface area contributed by atoms with E-state index in [1.165, 1.54) is 31.4 Å². The van der Waals surface area contributed by atoms with Crippen molar-refractivity contribution in [1.82, 2.24) is 4.90 Å². The van der Waals surface area contributed by atoms with Crippen LogP contribution in [0.25, 0.3) is 0 Å². The van der Waals surface area contributed by atoms with Crippen molar-refractivity contribution in [2.45, 2.75) is 39.7 Å². The summed E-state index contributed by atoms with van der Waals surface area (Å²) in [7, 11) is 0. The number of benzene rings is 1. The average Bonchev–Trinajstić information content (AvgIpc) is 2.44. The molecular weight excluding hydrogens is 244 g/mol. The van der Waals surface area contributed by atoms with Gasteiger partial charge in [0.1, 0.15) is 0 Å². The van der Waals surface area contributed by atoms with Gasteiger partial charge < -0.3 is 5.73 Å². The largest absolute Gasteiger partial charge is 0.399 e. The van der Waals surface area contributed by atoms with E-state index in [1.807, 2.05) is 18.2 Å². The molecule has 1 aromatic carbocycles. The number of nitrogen functional groups attached to an aromatic ring is 1. The standard InChI is InChI=1S/C15H23ClN2/c1-15(2)6-3-8-18(9-7-15)11-12-4-5-13(17)10-14(12)16/h4-5,10H,3,6-9,11,17H2,1-2H3. The molecule has 1 aliphatic rings. The summed E-state index contributed by atoms with van der Waals surface area (Å²) < 4.78 is 0. The molecule has 0 saturated carbocycles. The lowest BCUT2D eigenvalue weighted by Gasteiger charge is -2.23. The summed E-state index contributed by atoms with van der Waals surface area (Å²) in [6, 6.07) is 5.83. The van der Waals surface area contributed by atoms with E-state index in [1.54, 1.807) is 0 Å². The number of hydrogen-bond donors (Lipinski definition) is 1. The van der Waals surface area contributed by atoms with Crippen LogP contribution in [0.3, 0.4) is 0 Å². The van der Waals surface area contributed by atoms with Crippen LogP contribution in [0.4, 0.5) is 5.69 Å². The highest BCUT2D eigenvalue weighted by Crippen LogP contribution is 2.31. The van der Waals surface area contributed by atoms with Crippen molar-refractivity contribution in [2.75, 3.05) is 18.8 Å². The van der Waals surface area contributed by atoms with Crippen LogP contribution in [0.1, 0.15) is 38.7 Å². The topological polar surface area (TPSA) is 29.3 Å². The van der Waals surface area contributed by atoms with E-state index in [-0.39, 0.29) is 0 Å². The number of halogens is 1. The Morgan fingerprint density at radius 2 is 2.06 bits per heavy atom. The first-order valence-corrected chi connectivity index (χ1v) is 7.10. The van der Waals surface area contributed by atoms with E-state index >= 15 is 0 Å². The molecule has 0 amide bonds. The second kappa shape index (κ2) is 5.50. The van der Waals surface area contributed by atoms with Crippen molar-refractivity contribution >= 4 is 17.3 Å². The molecule has 2 rings (SSSR count). The molecule has 2 nitrogen and oxygen atoms in total. The molecule has 1 heterocycles. The molecule has 1 saturated heterocycles. The quantitative estimate of drug-likeness (QED) is 0.822. The summed E-state index contributed by atoms with van der Waals surface area (Å²) in [5, 5.41) is 0.790. The summed E-state index contributed by atoms with van der Waals surface area (Å²) in [4.78, 5) is 2.51. The van der Waals surface area contributed by atoms with Gasteiger partial charge in [-0.1, -0.05) is 31.5 Å². The van der Waals surface area contributed by atoms with E-state index in [0.717, 1.165) is 23.8 Å². The van der Waals surface area contributed by atoms with Crippen molar-refractivity contribution < 1.29 is 0 Å². The Balaban J connectivity index is 2.01. The Labute approximate surface area is 115 Å². The SMILES string of the molecule is CC1(C)CCCN(Cc2ccc(N)cc2Cl)CC1. The molecule has 0 spiro atoms. The minimum Gasteiger partial charge on any atom is -0.399 e. The zero-order valence-corrected chi connectivity index (χ0v) is 12.1. The first-order valence-electron chi connectivity index (χ1n) is 6.73. The van der Waals surface area contributed by atoms with Gasteiger partial charge in [-0.15, -0.1) is 0 Å². The Kier molecular flexibility index (Phi) is 4.18. The Morgan fingerprint density at radius 3 is 2.78 bits per heavy atom. The minimum absolute atomic E-state index is 0.486. The Hall–Kier alpha value is -0.730. The summed E-state index contributed by atoms with van der Waals surface area (Å²) in [5.74, 6) is 0. The fourth-order valence-electron chi connectivity index (χ4n) is 2.57. The monoisotopic (exact) mass is 266 g/mol. The van der Waals surface area contributed by atoms with Crippen molar-refractivity contribution in [3.63, 3.8) is 0 Å². The van der Waals surface area contributed by atoms with Crippen LogP contribution < -0.4 is 5.73 Å². The van der Waals surface area contributed by atoms with Crippen LogP contribution in [0.2, 0.25) is 5.02 Å². The summed E-state index contributed by atoms with van der Waals surface area (Å²) in [5.41, 5.74) is 8.13. The second-order valence-electron chi connectivity index (χ2n) is 6.14. The van der Waals surface area contributed by atoms with E-state index in [4.69, 9.17) is 17.3 Å². The first kappa shape index (κ1) is 13.7. The van der Waals surface area contributed by atoms with Gasteiger partial charge in [-0.2, -0.15) is 0 Å². The number of anilines is 1. The van der Waals surface area contributed by atoms with Gasteiger partial charge in [0.15, 0.2) is 0 Å². The number of rotatable bonds is 2. The van der Waals surface area contributed by atoms with Gasteiger partial charge in [-0.3, -0.25) is 4.90 Å². The number of likely N-dealkylation sites (tertiary alicyclic amines) is 1. The van der Waals surface area contributed by atoms with E-state index in [0.29, 0.717) is 5.41 Å². The molecule has 18 heavy (non-hydrogen) atoms. The van der Waals surface area contributed by atoms with Crippen molar-refractivity contribution in [1.29, 1.82) is 0 Å². The minimum atomic E-state index is 0.486. The molecule has 1 fully saturated rings. The number of nitrogens with two attached hydrogens (primary N) is 1. The molecule has 1 aliphatic heterocycles. The smallest absolute Gasteiger partial charge is 0.0471 e. The number of hydrogen-bond acceptors (Lipinski definition) is 2. The van der Waals surface area contributed by atoms with Crippen LogP contribution in [-0.4, -0.2) is 18.0 Å². The molecule has 0 unspecified atom stereocenters. The summed E-state index contributed by atoms with van der Waals surface area (Å²) in [6.45, 7) is 8.01. The van der Waals surface area contributed by atoms with Gasteiger partial charge in [0.2, 0.25) is 0 Å². The normalized spacial score (nSPS) is 20.6. The van der Waals surface area contributed by atoms with Gasteiger partial charge in [0.05, 0.1) is 0 Å². The predicted molar refractivity (Wildman–Crippen MR) is 78.8 cm³/mol. The van der Waals surface area contributed by atoms with E-state index in [2.05, 4.69) is 18.7 Å². The predicted octanol–water partition coefficient (Wildman–Crippen LogP) is 3.93. The van der Waals surface area contributed by atoms with E-state index in [9.17, 15) is 0 Å². The molecule has 2 N–H and O–H groups in total. The fourth-order valence-corrected chi connectivity index (χ4v) is 2.82. The van der Waals surface area contributed by atoms with Crippen molar-refractivity contribution in [3.05, 3.63) is 28.8 Å². The van der Waals surface area contributed by atoms with Gasteiger partial charge >= 0.3 is 0 Å². The summed E-state index contributed by atoms with van der Waals surface area (Å²) >= 11 is 6.24. The third-order valence-electron chi connectivity index (χ3n) is 3.90. The molecule has 3 heteroatoms. The maximum atomic E-state index is 6.24. The van der Waals surface area contributed by atoms with Crippen molar-refractivity contribution in [3.8, 4) is 0 Å². The highest BCUT2D eigenvalue weighted by molar-refractivity contribution is 6.31. The second-order valence-corrected chi connectivity index (χ2v) is 6.55. The molecule has 0 atom stereocenters. The van der Waals surface area contributed by atoms with Gasteiger partial charge in [0, 0.05) is 17.3 Å². The van der Waals surface area contributed by atoms with Crippen LogP contribution in [0, 0.1) is 5.41 Å². The number of nitrogens with zero attached hydrogens (tertiary/aromatic N) is 1. The fraction of sp³-hybridized carbons (Fsp3) is 0.600. The Bertz CT molecular complexity index is 415. The third-order valence-corrected chi connectivity index (χ3v) is 4.26. The lowest BCUT2D eigenvalue weighted by Crippen LogP contribution is -2.25. The zero-order chi connectivity index (χ0) is 13.2. The highest BCUT2D eigenvalue weighted by Gasteiger charge is 2.23. The molecular formula is C15H23ClN2. The van der Waals surface area contributed by atoms with E-state index < -0.39 is 0 Å². The highest BCUT2D eigenvalue weighted by atomic mass is 35.5. The van der Waals surface area contributed by atoms with Gasteiger partial charge in [0.25, 0.3) is 0 Å². The zero-order valence-electron chi connectivity index (χ0n) is 11.4. The van der Waals surface area contributed by atoms with Crippen LogP contribution in [0.5, 0.6) is 0 Å². The maximum Gasteiger partial charge on any atom is 0.0471 e. The van der Waals surface area contributed by atoms with Crippen molar-refractivity contribution in [2.24, 2.45) is 5.41 Å². The van der Waals surface area contributed by atoms with Crippen LogP contribution >= 0.6 is 11.6 Å². The lowest BCUT2D eigenvalue weighted by molar-refractivity contribution is 0.256. The molecule has 0 radical (unpaired) electrons. The molecule has 0 bridgehead atoms. The summed E-state index contributed by atoms with van der Waals surface area (Å²) in [6.07, 6.45) is 3.86. The molecule has 0 aliphatic carbocycles. The molecule has 0 aromatic heterocycles. The lowest BCUT2D eigenvalue weighted by atomic mass is 9.85. The molecule has 100 valence electrons. The maximum absolute atomic E-state index is 6.24. The van der Waals surface area contributed by atoms with Gasteiger partial charge in [-0.25, -0.2) is 0 Å². The molecule has 1 aromatic rings. The van der Waals surface area contributed by atoms with Crippen LogP contribution in [-0.2, 0) is 6.54 Å².